The van der Waals surface area contributed by atoms with Gasteiger partial charge in [-0.3, -0.25) is 4.79 Å². The van der Waals surface area contributed by atoms with Gasteiger partial charge in [-0.25, -0.2) is 0 Å². The summed E-state index contributed by atoms with van der Waals surface area (Å²) in [6, 6.07) is 1.88. The van der Waals surface area contributed by atoms with Gasteiger partial charge in [-0.2, -0.15) is 5.26 Å². The van der Waals surface area contributed by atoms with Crippen molar-refractivity contribution in [3.8, 4) is 6.07 Å². The Balaban J connectivity index is 2.55. The van der Waals surface area contributed by atoms with Gasteiger partial charge < -0.3 is 5.32 Å². The molecule has 1 saturated carbocycles. The van der Waals surface area contributed by atoms with Gasteiger partial charge in [0.2, 0.25) is 5.91 Å². The molecule has 2 atom stereocenters. The van der Waals surface area contributed by atoms with E-state index in [1.54, 1.807) is 0 Å². The first-order valence-electron chi connectivity index (χ1n) is 5.26. The summed E-state index contributed by atoms with van der Waals surface area (Å²) in [5, 5.41) is 11.4. The molecule has 1 fully saturated rings. The minimum Gasteiger partial charge on any atom is -0.350 e. The molecule has 1 N–H and O–H groups in total. The van der Waals surface area contributed by atoms with Crippen LogP contribution in [0.25, 0.3) is 0 Å². The first kappa shape index (κ1) is 11.0. The lowest BCUT2D eigenvalue weighted by atomic mass is 9.75. The number of hydrogen-bond acceptors (Lipinski definition) is 2. The van der Waals surface area contributed by atoms with Gasteiger partial charge in [-0.05, 0) is 25.7 Å². The third-order valence-electron chi connectivity index (χ3n) is 3.34. The molecule has 3 nitrogen and oxygen atoms in total. The molecule has 0 heterocycles. The second kappa shape index (κ2) is 4.45. The summed E-state index contributed by atoms with van der Waals surface area (Å²) in [7, 11) is 0. The second-order valence-corrected chi connectivity index (χ2v) is 4.45. The van der Waals surface area contributed by atoms with Crippen molar-refractivity contribution in [1.29, 1.82) is 5.26 Å². The second-order valence-electron chi connectivity index (χ2n) is 4.45. The normalized spacial score (nSPS) is 31.9. The zero-order chi connectivity index (χ0) is 10.6. The molecule has 0 saturated heterocycles. The number of amides is 1. The van der Waals surface area contributed by atoms with E-state index < -0.39 is 0 Å². The van der Waals surface area contributed by atoms with Crippen molar-refractivity contribution in [1.82, 2.24) is 5.32 Å². The predicted molar refractivity (Wildman–Crippen MR) is 54.4 cm³/mol. The first-order valence-corrected chi connectivity index (χ1v) is 5.26. The molecule has 0 aromatic rings. The molecular weight excluding hydrogens is 176 g/mol. The maximum atomic E-state index is 11.3. The van der Waals surface area contributed by atoms with Crippen LogP contribution in [-0.2, 0) is 4.79 Å². The molecule has 0 spiro atoms. The number of nitrogens with one attached hydrogen (secondary N) is 1. The summed E-state index contributed by atoms with van der Waals surface area (Å²) < 4.78 is 0. The van der Waals surface area contributed by atoms with E-state index in [4.69, 9.17) is 5.26 Å². The predicted octanol–water partition coefficient (Wildman–Crippen LogP) is 1.99. The molecule has 78 valence electrons. The Labute approximate surface area is 85.5 Å². The topological polar surface area (TPSA) is 52.9 Å². The third-order valence-corrected chi connectivity index (χ3v) is 3.34. The highest BCUT2D eigenvalue weighted by molar-refractivity contribution is 5.78. The van der Waals surface area contributed by atoms with Crippen molar-refractivity contribution in [2.75, 3.05) is 0 Å². The smallest absolute Gasteiger partial charge is 0.234 e. The molecule has 0 unspecified atom stereocenters. The average Bonchev–Trinajstić information content (AvgIpc) is 2.10. The van der Waals surface area contributed by atoms with Crippen LogP contribution >= 0.6 is 0 Å². The highest BCUT2D eigenvalue weighted by Gasteiger charge is 2.34. The molecule has 14 heavy (non-hydrogen) atoms. The van der Waals surface area contributed by atoms with Gasteiger partial charge in [0.1, 0.15) is 6.42 Å². The minimum atomic E-state index is -0.135. The molecule has 3 heteroatoms. The maximum absolute atomic E-state index is 11.3. The lowest BCUT2D eigenvalue weighted by Crippen LogP contribution is -2.52. The van der Waals surface area contributed by atoms with Crippen molar-refractivity contribution in [3.05, 3.63) is 0 Å². The minimum absolute atomic E-state index is 0.0255. The first-order chi connectivity index (χ1) is 6.58. The third kappa shape index (κ3) is 2.47. The Kier molecular flexibility index (Phi) is 3.51. The molecule has 1 aliphatic carbocycles. The number of carbonyl (C=O) groups excluding carboxylic acids is 1. The van der Waals surface area contributed by atoms with Crippen LogP contribution in [0.5, 0.6) is 0 Å². The van der Waals surface area contributed by atoms with E-state index in [2.05, 4.69) is 19.2 Å². The van der Waals surface area contributed by atoms with Crippen LogP contribution in [0.3, 0.4) is 0 Å². The van der Waals surface area contributed by atoms with Crippen molar-refractivity contribution in [2.24, 2.45) is 5.92 Å². The van der Waals surface area contributed by atoms with Crippen molar-refractivity contribution in [3.63, 3.8) is 0 Å². The molecule has 1 amide bonds. The molecule has 0 radical (unpaired) electrons. The Bertz CT molecular complexity index is 257. The van der Waals surface area contributed by atoms with Crippen LogP contribution < -0.4 is 5.32 Å². The van der Waals surface area contributed by atoms with Crippen LogP contribution in [0.2, 0.25) is 0 Å². The molecular formula is C11H18N2O. The number of nitriles is 1. The summed E-state index contributed by atoms with van der Waals surface area (Å²) in [4.78, 5) is 11.3. The Morgan fingerprint density at radius 2 is 2.36 bits per heavy atom. The zero-order valence-corrected chi connectivity index (χ0v) is 8.97. The fourth-order valence-corrected chi connectivity index (χ4v) is 2.13. The Morgan fingerprint density at radius 3 is 2.93 bits per heavy atom. The SMILES string of the molecule is C[C@H]1CCCC[C@@]1(C)NC(=O)CC#N. The van der Waals surface area contributed by atoms with Gasteiger partial charge in [0.15, 0.2) is 0 Å². The largest absolute Gasteiger partial charge is 0.350 e. The summed E-state index contributed by atoms with van der Waals surface area (Å²) in [6.07, 6.45) is 4.61. The highest BCUT2D eigenvalue weighted by Crippen LogP contribution is 2.33. The maximum Gasteiger partial charge on any atom is 0.234 e. The van der Waals surface area contributed by atoms with E-state index in [0.717, 1.165) is 6.42 Å². The number of carbonyl (C=O) groups is 1. The van der Waals surface area contributed by atoms with Crippen molar-refractivity contribution < 1.29 is 4.79 Å². The van der Waals surface area contributed by atoms with Crippen LogP contribution in [0, 0.1) is 17.2 Å². The monoisotopic (exact) mass is 194 g/mol. The van der Waals surface area contributed by atoms with E-state index in [0.29, 0.717) is 5.92 Å². The summed E-state index contributed by atoms with van der Waals surface area (Å²) >= 11 is 0. The van der Waals surface area contributed by atoms with E-state index >= 15 is 0 Å². The van der Waals surface area contributed by atoms with Crippen LogP contribution in [0.15, 0.2) is 0 Å². The van der Waals surface area contributed by atoms with Crippen LogP contribution in [0.1, 0.15) is 46.0 Å². The van der Waals surface area contributed by atoms with Crippen molar-refractivity contribution in [2.45, 2.75) is 51.5 Å². The summed E-state index contributed by atoms with van der Waals surface area (Å²) in [5.74, 6) is 0.377. The highest BCUT2D eigenvalue weighted by atomic mass is 16.1. The fourth-order valence-electron chi connectivity index (χ4n) is 2.13. The van der Waals surface area contributed by atoms with Gasteiger partial charge in [-0.15, -0.1) is 0 Å². The lowest BCUT2D eigenvalue weighted by molar-refractivity contribution is -0.122. The van der Waals surface area contributed by atoms with E-state index in [9.17, 15) is 4.79 Å². The molecule has 0 bridgehead atoms. The molecule has 1 aliphatic rings. The van der Waals surface area contributed by atoms with E-state index in [1.807, 2.05) is 6.07 Å². The van der Waals surface area contributed by atoms with Gasteiger partial charge in [0, 0.05) is 5.54 Å². The summed E-state index contributed by atoms with van der Waals surface area (Å²) in [5.41, 5.74) is -0.0911. The Hall–Kier alpha value is -1.04. The fraction of sp³-hybridized carbons (Fsp3) is 0.818. The molecule has 0 aromatic carbocycles. The number of rotatable bonds is 2. The van der Waals surface area contributed by atoms with E-state index in [1.165, 1.54) is 19.3 Å². The lowest BCUT2D eigenvalue weighted by Gasteiger charge is -2.40. The Morgan fingerprint density at radius 1 is 1.64 bits per heavy atom. The number of nitrogens with zero attached hydrogens (tertiary/aromatic N) is 1. The van der Waals surface area contributed by atoms with Crippen molar-refractivity contribution >= 4 is 5.91 Å². The quantitative estimate of drug-likeness (QED) is 0.730. The molecule has 1 rings (SSSR count). The van der Waals surface area contributed by atoms with E-state index in [-0.39, 0.29) is 17.9 Å². The number of hydrogen-bond donors (Lipinski definition) is 1. The molecule has 0 aromatic heterocycles. The van der Waals surface area contributed by atoms with Crippen LogP contribution in [0.4, 0.5) is 0 Å². The summed E-state index contributed by atoms with van der Waals surface area (Å²) in [6.45, 7) is 4.26. The van der Waals surface area contributed by atoms with Gasteiger partial charge in [0.25, 0.3) is 0 Å². The van der Waals surface area contributed by atoms with Gasteiger partial charge in [-0.1, -0.05) is 19.8 Å². The van der Waals surface area contributed by atoms with Gasteiger partial charge in [0.05, 0.1) is 6.07 Å². The molecule has 0 aliphatic heterocycles. The average molecular weight is 194 g/mol. The van der Waals surface area contributed by atoms with Gasteiger partial charge >= 0.3 is 0 Å². The van der Waals surface area contributed by atoms with Crippen LogP contribution in [-0.4, -0.2) is 11.4 Å². The standard InChI is InChI=1S/C11H18N2O/c1-9-5-3-4-7-11(9,2)13-10(14)6-8-12/h9H,3-7H2,1-2H3,(H,13,14)/t9-,11+/m0/s1. The zero-order valence-electron chi connectivity index (χ0n) is 8.97.